The van der Waals surface area contributed by atoms with Gasteiger partial charge in [-0.25, -0.2) is 4.79 Å². The summed E-state index contributed by atoms with van der Waals surface area (Å²) >= 11 is 5.82. The maximum atomic E-state index is 12.3. The van der Waals surface area contributed by atoms with Crippen LogP contribution in [0.15, 0.2) is 48.0 Å². The van der Waals surface area contributed by atoms with Crippen LogP contribution in [-0.4, -0.2) is 17.4 Å². The number of carbonyl (C=O) groups is 1. The van der Waals surface area contributed by atoms with Crippen molar-refractivity contribution in [1.82, 2.24) is 0 Å². The smallest absolute Gasteiger partial charge is 0.345 e. The molecule has 1 heterocycles. The third-order valence-corrected chi connectivity index (χ3v) is 3.79. The number of ether oxygens (including phenoxy) is 2. The van der Waals surface area contributed by atoms with E-state index >= 15 is 0 Å². The number of benzene rings is 2. The molecule has 4 nitrogen and oxygen atoms in total. The number of carbonyl (C=O) groups excluding carboxylic acids is 1. The average molecular weight is 331 g/mol. The number of aryl methyl sites for hydroxylation is 1. The van der Waals surface area contributed by atoms with E-state index in [-0.39, 0.29) is 5.57 Å². The summed E-state index contributed by atoms with van der Waals surface area (Å²) in [5.74, 6) is 0.624. The Bertz CT molecular complexity index is 782. The summed E-state index contributed by atoms with van der Waals surface area (Å²) in [4.78, 5) is 12.3. The minimum absolute atomic E-state index is 0.0470. The van der Waals surface area contributed by atoms with Gasteiger partial charge in [0.05, 0.1) is 0 Å². The van der Waals surface area contributed by atoms with E-state index in [4.69, 9.17) is 21.1 Å². The van der Waals surface area contributed by atoms with Crippen LogP contribution in [0.2, 0.25) is 0 Å². The first-order chi connectivity index (χ1) is 11.1. The van der Waals surface area contributed by atoms with Gasteiger partial charge in [0.25, 0.3) is 0 Å². The van der Waals surface area contributed by atoms with Crippen LogP contribution in [0.5, 0.6) is 11.5 Å². The number of aliphatic hydroxyl groups is 1. The van der Waals surface area contributed by atoms with Gasteiger partial charge in [-0.1, -0.05) is 18.2 Å². The van der Waals surface area contributed by atoms with Crippen LogP contribution in [0.3, 0.4) is 0 Å². The molecule has 0 saturated heterocycles. The maximum absolute atomic E-state index is 12.3. The minimum Gasteiger partial charge on any atom is -0.460 e. The molecule has 0 spiro atoms. The maximum Gasteiger partial charge on any atom is 0.345 e. The Morgan fingerprint density at radius 2 is 2.13 bits per heavy atom. The third-order valence-electron chi connectivity index (χ3n) is 3.48. The zero-order chi connectivity index (χ0) is 16.4. The highest BCUT2D eigenvalue weighted by atomic mass is 35.5. The summed E-state index contributed by atoms with van der Waals surface area (Å²) in [5, 5.41) is 10.0. The molecule has 0 amide bonds. The number of halogens is 1. The van der Waals surface area contributed by atoms with E-state index in [0.29, 0.717) is 22.9 Å². The molecular formula is C18H15ClO4. The number of alkyl halides is 1. The molecule has 1 aliphatic heterocycles. The lowest BCUT2D eigenvalue weighted by Crippen LogP contribution is -2.29. The van der Waals surface area contributed by atoms with Gasteiger partial charge in [0, 0.05) is 11.4 Å². The van der Waals surface area contributed by atoms with Crippen LogP contribution in [0.4, 0.5) is 0 Å². The number of fused-ring (bicyclic) bond motifs is 1. The lowest BCUT2D eigenvalue weighted by molar-refractivity contribution is -0.133. The number of aliphatic hydroxyl groups excluding tert-OH is 1. The summed E-state index contributed by atoms with van der Waals surface area (Å²) in [5.41, 5.74) is 2.60. The fraction of sp³-hybridized carbons (Fsp3) is 0.167. The van der Waals surface area contributed by atoms with E-state index in [2.05, 4.69) is 0 Å². The highest BCUT2D eigenvalue weighted by Gasteiger charge is 2.27. The largest absolute Gasteiger partial charge is 0.460 e. The number of hydrogen-bond acceptors (Lipinski definition) is 4. The fourth-order valence-electron chi connectivity index (χ4n) is 2.33. The molecule has 5 heteroatoms. The van der Waals surface area contributed by atoms with Crippen molar-refractivity contribution in [1.29, 1.82) is 0 Å². The molecule has 1 aliphatic rings. The van der Waals surface area contributed by atoms with Gasteiger partial charge in [0.2, 0.25) is 6.29 Å². The molecule has 0 bridgehead atoms. The van der Waals surface area contributed by atoms with Crippen molar-refractivity contribution in [2.24, 2.45) is 0 Å². The van der Waals surface area contributed by atoms with E-state index in [1.807, 2.05) is 25.1 Å². The van der Waals surface area contributed by atoms with Gasteiger partial charge in [0.15, 0.2) is 0 Å². The highest BCUT2D eigenvalue weighted by molar-refractivity contribution is 6.17. The third kappa shape index (κ3) is 3.38. The molecule has 3 rings (SSSR count). The Labute approximate surface area is 138 Å². The Morgan fingerprint density at radius 3 is 2.87 bits per heavy atom. The zero-order valence-electron chi connectivity index (χ0n) is 12.5. The Kier molecular flexibility index (Phi) is 4.37. The predicted octanol–water partition coefficient (Wildman–Crippen LogP) is 3.43. The Balaban J connectivity index is 1.88. The molecule has 1 atom stereocenters. The second kappa shape index (κ2) is 6.44. The first-order valence-electron chi connectivity index (χ1n) is 7.11. The van der Waals surface area contributed by atoms with Gasteiger partial charge in [-0.15, -0.1) is 11.6 Å². The van der Waals surface area contributed by atoms with Gasteiger partial charge >= 0.3 is 5.97 Å². The van der Waals surface area contributed by atoms with Crippen molar-refractivity contribution < 1.29 is 19.4 Å². The van der Waals surface area contributed by atoms with Crippen LogP contribution in [0.25, 0.3) is 6.08 Å². The van der Waals surface area contributed by atoms with Crippen LogP contribution in [-0.2, 0) is 10.7 Å². The van der Waals surface area contributed by atoms with Crippen LogP contribution in [0.1, 0.15) is 16.7 Å². The lowest BCUT2D eigenvalue weighted by atomic mass is 10.0. The van der Waals surface area contributed by atoms with Crippen molar-refractivity contribution in [3.05, 3.63) is 64.7 Å². The normalized spacial score (nSPS) is 16.1. The van der Waals surface area contributed by atoms with Gasteiger partial charge in [-0.2, -0.15) is 0 Å². The van der Waals surface area contributed by atoms with Crippen LogP contribution < -0.4 is 9.47 Å². The molecule has 118 valence electrons. The van der Waals surface area contributed by atoms with E-state index in [9.17, 15) is 9.90 Å². The molecule has 0 aliphatic carbocycles. The van der Waals surface area contributed by atoms with Crippen molar-refractivity contribution >= 4 is 23.6 Å². The average Bonchev–Trinajstić information content (AvgIpc) is 2.53. The lowest BCUT2D eigenvalue weighted by Gasteiger charge is -2.22. The van der Waals surface area contributed by atoms with Gasteiger partial charge in [-0.3, -0.25) is 0 Å². The monoisotopic (exact) mass is 330 g/mol. The first kappa shape index (κ1) is 15.6. The Morgan fingerprint density at radius 1 is 1.30 bits per heavy atom. The molecule has 0 radical (unpaired) electrons. The molecule has 0 aromatic heterocycles. The molecular weight excluding hydrogens is 316 g/mol. The number of hydrogen-bond donors (Lipinski definition) is 1. The van der Waals surface area contributed by atoms with E-state index in [0.717, 1.165) is 11.1 Å². The first-order valence-corrected chi connectivity index (χ1v) is 7.64. The summed E-state index contributed by atoms with van der Waals surface area (Å²) in [6.45, 7) is 1.90. The molecule has 2 aromatic carbocycles. The van der Waals surface area contributed by atoms with Gasteiger partial charge < -0.3 is 14.6 Å². The number of esters is 1. The fourth-order valence-corrected chi connectivity index (χ4v) is 2.49. The van der Waals surface area contributed by atoms with Crippen molar-refractivity contribution in [3.63, 3.8) is 0 Å². The van der Waals surface area contributed by atoms with Crippen LogP contribution in [0, 0.1) is 6.92 Å². The highest BCUT2D eigenvalue weighted by Crippen LogP contribution is 2.31. The molecule has 0 saturated carbocycles. The van der Waals surface area contributed by atoms with Crippen molar-refractivity contribution in [2.45, 2.75) is 19.1 Å². The second-order valence-corrected chi connectivity index (χ2v) is 5.55. The number of rotatable bonds is 3. The van der Waals surface area contributed by atoms with Crippen molar-refractivity contribution in [3.8, 4) is 11.5 Å². The van der Waals surface area contributed by atoms with Crippen LogP contribution >= 0.6 is 11.6 Å². The summed E-state index contributed by atoms with van der Waals surface area (Å²) in [7, 11) is 0. The topological polar surface area (TPSA) is 55.8 Å². The van der Waals surface area contributed by atoms with E-state index < -0.39 is 12.3 Å². The molecule has 2 aromatic rings. The molecule has 1 N–H and O–H groups in total. The van der Waals surface area contributed by atoms with Crippen molar-refractivity contribution in [2.75, 3.05) is 0 Å². The molecule has 1 unspecified atom stereocenters. The summed E-state index contributed by atoms with van der Waals surface area (Å²) in [6, 6.07) is 12.5. The van der Waals surface area contributed by atoms with E-state index in [1.165, 1.54) is 0 Å². The quantitative estimate of drug-likeness (QED) is 0.532. The molecule has 0 fully saturated rings. The summed E-state index contributed by atoms with van der Waals surface area (Å²) < 4.78 is 10.7. The summed E-state index contributed by atoms with van der Waals surface area (Å²) in [6.07, 6.45) is 0.208. The SMILES string of the molecule is Cc1cccc(OC(=O)C2=Cc3cc(CCl)ccc3OC2O)c1. The zero-order valence-corrected chi connectivity index (χ0v) is 13.2. The second-order valence-electron chi connectivity index (χ2n) is 5.28. The van der Waals surface area contributed by atoms with Gasteiger partial charge in [-0.05, 0) is 48.4 Å². The Hall–Kier alpha value is -2.30. The predicted molar refractivity (Wildman–Crippen MR) is 87.4 cm³/mol. The van der Waals surface area contributed by atoms with Gasteiger partial charge in [0.1, 0.15) is 17.1 Å². The minimum atomic E-state index is -1.36. The molecule has 23 heavy (non-hydrogen) atoms. The standard InChI is InChI=1S/C18H15ClO4/c1-11-3-2-4-14(7-11)22-17(20)15-9-13-8-12(10-19)5-6-16(13)23-18(15)21/h2-9,18,21H,10H2,1H3. The van der Waals surface area contributed by atoms with E-state index in [1.54, 1.807) is 30.3 Å².